The van der Waals surface area contributed by atoms with Gasteiger partial charge in [0.05, 0.1) is 34.4 Å². The number of hydrogen-bond donors (Lipinski definition) is 4. The molecule has 0 amide bonds. The standard InChI is InChI=1S/C22H23N9/c1-30(26)19(13-24)21-20(15-6-4-5-14(9-15)12-23)28-22(25)18-11-17(29-31(18)21)10-16-7-2-3-8-27-16/h2-9,11,13,22,28H,10,24-26H2,1H3/b19-13-. The summed E-state index contributed by atoms with van der Waals surface area (Å²) in [5.41, 5.74) is 18.0. The first-order valence-corrected chi connectivity index (χ1v) is 9.68. The largest absolute Gasteiger partial charge is 0.403 e. The van der Waals surface area contributed by atoms with Crippen LogP contribution in [0.1, 0.15) is 34.4 Å². The van der Waals surface area contributed by atoms with E-state index in [9.17, 15) is 5.26 Å². The Labute approximate surface area is 180 Å². The normalized spacial score (nSPS) is 15.8. The Morgan fingerprint density at radius 1 is 1.26 bits per heavy atom. The van der Waals surface area contributed by atoms with Crippen LogP contribution in [0.2, 0.25) is 0 Å². The van der Waals surface area contributed by atoms with Gasteiger partial charge < -0.3 is 21.8 Å². The molecule has 0 fully saturated rings. The van der Waals surface area contributed by atoms with Crippen LogP contribution in [0.3, 0.4) is 0 Å². The molecule has 4 rings (SSSR count). The van der Waals surface area contributed by atoms with Crippen molar-refractivity contribution in [2.24, 2.45) is 17.3 Å². The van der Waals surface area contributed by atoms with Gasteiger partial charge in [-0.3, -0.25) is 4.98 Å². The SMILES string of the molecule is CN(N)/C(=C\N)C1=C(c2cccc(C#N)c2)NC(N)c2cc(Cc3ccccn3)nn21. The first-order valence-electron chi connectivity index (χ1n) is 9.68. The van der Waals surface area contributed by atoms with Gasteiger partial charge in [0.1, 0.15) is 11.9 Å². The number of nitriles is 1. The zero-order valence-electron chi connectivity index (χ0n) is 17.0. The number of pyridine rings is 1. The van der Waals surface area contributed by atoms with Crippen molar-refractivity contribution in [3.63, 3.8) is 0 Å². The van der Waals surface area contributed by atoms with Gasteiger partial charge in [0.15, 0.2) is 0 Å². The highest BCUT2D eigenvalue weighted by molar-refractivity contribution is 5.90. The fourth-order valence-corrected chi connectivity index (χ4v) is 3.59. The number of nitrogens with two attached hydrogens (primary N) is 3. The van der Waals surface area contributed by atoms with Gasteiger partial charge in [-0.05, 0) is 30.3 Å². The van der Waals surface area contributed by atoms with Crippen molar-refractivity contribution in [2.75, 3.05) is 7.05 Å². The fourth-order valence-electron chi connectivity index (χ4n) is 3.59. The highest BCUT2D eigenvalue weighted by Gasteiger charge is 2.30. The predicted octanol–water partition coefficient (Wildman–Crippen LogP) is 1.23. The number of fused-ring (bicyclic) bond motifs is 1. The monoisotopic (exact) mass is 413 g/mol. The van der Waals surface area contributed by atoms with Crippen LogP contribution in [0.5, 0.6) is 0 Å². The quantitative estimate of drug-likeness (QED) is 0.361. The summed E-state index contributed by atoms with van der Waals surface area (Å²) in [6.07, 6.45) is 3.21. The molecule has 1 aliphatic heterocycles. The van der Waals surface area contributed by atoms with Crippen molar-refractivity contribution in [1.82, 2.24) is 25.1 Å². The molecule has 0 radical (unpaired) electrons. The van der Waals surface area contributed by atoms with Crippen molar-refractivity contribution in [2.45, 2.75) is 12.6 Å². The molecular formula is C22H23N9. The van der Waals surface area contributed by atoms with E-state index in [4.69, 9.17) is 22.4 Å². The summed E-state index contributed by atoms with van der Waals surface area (Å²) >= 11 is 0. The molecule has 31 heavy (non-hydrogen) atoms. The zero-order chi connectivity index (χ0) is 22.0. The Morgan fingerprint density at radius 3 is 2.77 bits per heavy atom. The molecule has 0 bridgehead atoms. The topological polar surface area (TPSA) is 148 Å². The number of nitrogens with one attached hydrogen (secondary N) is 1. The molecule has 9 heteroatoms. The molecule has 1 atom stereocenters. The Hall–Kier alpha value is -4.13. The molecule has 156 valence electrons. The third kappa shape index (κ3) is 3.85. The Balaban J connectivity index is 1.90. The molecule has 0 aliphatic carbocycles. The Bertz CT molecular complexity index is 1200. The number of allylic oxidation sites excluding steroid dienone is 1. The van der Waals surface area contributed by atoms with Crippen LogP contribution in [0, 0.1) is 11.3 Å². The van der Waals surface area contributed by atoms with Gasteiger partial charge in [-0.15, -0.1) is 0 Å². The van der Waals surface area contributed by atoms with Gasteiger partial charge in [-0.25, -0.2) is 10.5 Å². The van der Waals surface area contributed by atoms with E-state index in [0.717, 1.165) is 22.6 Å². The molecule has 0 saturated carbocycles. The number of rotatable bonds is 5. The van der Waals surface area contributed by atoms with Crippen molar-refractivity contribution in [3.8, 4) is 6.07 Å². The van der Waals surface area contributed by atoms with Crippen molar-refractivity contribution < 1.29 is 0 Å². The van der Waals surface area contributed by atoms with Crippen LogP contribution in [0.15, 0.2) is 66.6 Å². The average Bonchev–Trinajstić information content (AvgIpc) is 3.20. The van der Waals surface area contributed by atoms with Crippen LogP contribution in [0.25, 0.3) is 11.4 Å². The van der Waals surface area contributed by atoms with Gasteiger partial charge in [0, 0.05) is 37.1 Å². The van der Waals surface area contributed by atoms with Crippen molar-refractivity contribution in [3.05, 3.63) is 94.8 Å². The maximum atomic E-state index is 9.33. The highest BCUT2D eigenvalue weighted by atomic mass is 15.4. The minimum Gasteiger partial charge on any atom is -0.403 e. The highest BCUT2D eigenvalue weighted by Crippen LogP contribution is 2.34. The smallest absolute Gasteiger partial charge is 0.118 e. The Morgan fingerprint density at radius 2 is 2.10 bits per heavy atom. The van der Waals surface area contributed by atoms with Crippen LogP contribution in [-0.2, 0) is 6.42 Å². The molecular weight excluding hydrogens is 390 g/mol. The van der Waals surface area contributed by atoms with E-state index in [1.165, 1.54) is 11.2 Å². The van der Waals surface area contributed by atoms with Crippen LogP contribution in [0.4, 0.5) is 0 Å². The Kier molecular flexibility index (Phi) is 5.41. The fraction of sp³-hybridized carbons (Fsp3) is 0.136. The second-order valence-electron chi connectivity index (χ2n) is 7.17. The summed E-state index contributed by atoms with van der Waals surface area (Å²) in [4.78, 5) is 4.38. The second-order valence-corrected chi connectivity index (χ2v) is 7.17. The number of hydrazine groups is 1. The van der Waals surface area contributed by atoms with E-state index in [1.807, 2.05) is 36.4 Å². The summed E-state index contributed by atoms with van der Waals surface area (Å²) in [5, 5.41) is 18.9. The van der Waals surface area contributed by atoms with Crippen LogP contribution >= 0.6 is 0 Å². The molecule has 2 aromatic heterocycles. The molecule has 1 aromatic carbocycles. The molecule has 7 N–H and O–H groups in total. The van der Waals surface area contributed by atoms with Crippen LogP contribution < -0.4 is 22.6 Å². The van der Waals surface area contributed by atoms with Gasteiger partial charge >= 0.3 is 0 Å². The first kappa shape index (κ1) is 20.2. The summed E-state index contributed by atoms with van der Waals surface area (Å²) in [7, 11) is 1.70. The lowest BCUT2D eigenvalue weighted by molar-refractivity contribution is 0.448. The molecule has 1 unspecified atom stereocenters. The number of likely N-dealkylation sites (N-methyl/N-ethyl adjacent to an activating group) is 1. The summed E-state index contributed by atoms with van der Waals surface area (Å²) in [5.74, 6) is 6.08. The van der Waals surface area contributed by atoms with E-state index in [-0.39, 0.29) is 0 Å². The lowest BCUT2D eigenvalue weighted by atomic mass is 10.0. The second kappa shape index (κ2) is 8.31. The number of nitrogens with zero attached hydrogens (tertiary/aromatic N) is 5. The van der Waals surface area contributed by atoms with E-state index in [1.54, 1.807) is 30.1 Å². The predicted molar refractivity (Wildman–Crippen MR) is 118 cm³/mol. The average molecular weight is 413 g/mol. The number of benzene rings is 1. The zero-order valence-corrected chi connectivity index (χ0v) is 17.0. The number of aromatic nitrogens is 3. The summed E-state index contributed by atoms with van der Waals surface area (Å²) in [6.45, 7) is 0. The maximum absolute atomic E-state index is 9.33. The van der Waals surface area contributed by atoms with E-state index in [2.05, 4.69) is 16.4 Å². The minimum atomic E-state index is -0.517. The number of hydrogen-bond acceptors (Lipinski definition) is 8. The maximum Gasteiger partial charge on any atom is 0.118 e. The van der Waals surface area contributed by atoms with Gasteiger partial charge in [0.2, 0.25) is 0 Å². The molecule has 9 nitrogen and oxygen atoms in total. The van der Waals surface area contributed by atoms with Crippen molar-refractivity contribution >= 4 is 11.4 Å². The van der Waals surface area contributed by atoms with E-state index >= 15 is 0 Å². The van der Waals surface area contributed by atoms with Gasteiger partial charge in [-0.1, -0.05) is 18.2 Å². The third-order valence-electron chi connectivity index (χ3n) is 5.00. The van der Waals surface area contributed by atoms with Gasteiger partial charge in [-0.2, -0.15) is 10.4 Å². The third-order valence-corrected chi connectivity index (χ3v) is 5.00. The molecule has 3 heterocycles. The van der Waals surface area contributed by atoms with Gasteiger partial charge in [0.25, 0.3) is 0 Å². The van der Waals surface area contributed by atoms with E-state index in [0.29, 0.717) is 29.1 Å². The van der Waals surface area contributed by atoms with E-state index < -0.39 is 6.17 Å². The molecule has 0 saturated heterocycles. The summed E-state index contributed by atoms with van der Waals surface area (Å²) < 4.78 is 1.76. The molecule has 1 aliphatic rings. The molecule has 0 spiro atoms. The van der Waals surface area contributed by atoms with Crippen LogP contribution in [-0.4, -0.2) is 26.8 Å². The first-order chi connectivity index (χ1) is 15.0. The lowest BCUT2D eigenvalue weighted by Gasteiger charge is -2.31. The summed E-state index contributed by atoms with van der Waals surface area (Å²) in [6, 6.07) is 17.1. The van der Waals surface area contributed by atoms with Crippen molar-refractivity contribution in [1.29, 1.82) is 5.26 Å². The molecule has 3 aromatic rings. The minimum absolute atomic E-state index is 0.517. The lowest BCUT2D eigenvalue weighted by Crippen LogP contribution is -2.38.